The molecule has 1 heterocycles. The van der Waals surface area contributed by atoms with Crippen molar-refractivity contribution >= 4 is 44.8 Å². The molecule has 1 saturated heterocycles. The van der Waals surface area contributed by atoms with Crippen LogP contribution < -0.4 is 0 Å². The van der Waals surface area contributed by atoms with Gasteiger partial charge < -0.3 is 0 Å². The predicted molar refractivity (Wildman–Crippen MR) is 83.2 cm³/mol. The van der Waals surface area contributed by atoms with E-state index in [4.69, 9.17) is 34.8 Å². The highest BCUT2D eigenvalue weighted by Crippen LogP contribution is 2.35. The third-order valence-electron chi connectivity index (χ3n) is 3.43. The standard InChI is InChI=1S/C13H16Cl3NO2S/c1-8-3-9(2)7-17(6-8)20(18,19)13-5-11(15)10(14)4-12(13)16/h4-5,8-9H,3,6-7H2,1-2H3. The fourth-order valence-corrected chi connectivity index (χ4v) is 5.30. The Hall–Kier alpha value is -0.000000000000000111. The second-order valence-corrected chi connectivity index (χ2v) is 8.59. The molecule has 20 heavy (non-hydrogen) atoms. The van der Waals surface area contributed by atoms with E-state index in [2.05, 4.69) is 13.8 Å². The molecular formula is C13H16Cl3NO2S. The van der Waals surface area contributed by atoms with Crippen molar-refractivity contribution < 1.29 is 8.42 Å². The average Bonchev–Trinajstić information content (AvgIpc) is 2.32. The summed E-state index contributed by atoms with van der Waals surface area (Å²) in [6, 6.07) is 2.70. The Morgan fingerprint density at radius 1 is 1.00 bits per heavy atom. The Morgan fingerprint density at radius 2 is 1.50 bits per heavy atom. The lowest BCUT2D eigenvalue weighted by Crippen LogP contribution is -2.42. The van der Waals surface area contributed by atoms with Crippen molar-refractivity contribution in [3.63, 3.8) is 0 Å². The van der Waals surface area contributed by atoms with Gasteiger partial charge in [-0.25, -0.2) is 8.42 Å². The number of rotatable bonds is 2. The quantitative estimate of drug-likeness (QED) is 0.740. The van der Waals surface area contributed by atoms with E-state index < -0.39 is 10.0 Å². The summed E-state index contributed by atoms with van der Waals surface area (Å²) in [5.41, 5.74) is 0. The van der Waals surface area contributed by atoms with Crippen LogP contribution in [-0.2, 0) is 10.0 Å². The number of halogens is 3. The highest BCUT2D eigenvalue weighted by atomic mass is 35.5. The van der Waals surface area contributed by atoms with Gasteiger partial charge >= 0.3 is 0 Å². The van der Waals surface area contributed by atoms with Gasteiger partial charge in [0.05, 0.1) is 15.1 Å². The molecule has 1 aromatic carbocycles. The van der Waals surface area contributed by atoms with Crippen molar-refractivity contribution in [1.29, 1.82) is 0 Å². The Morgan fingerprint density at radius 3 is 2.05 bits per heavy atom. The second kappa shape index (κ2) is 6.01. The SMILES string of the molecule is CC1CC(C)CN(S(=O)(=O)c2cc(Cl)c(Cl)cc2Cl)C1. The first kappa shape index (κ1) is 16.4. The number of nitrogens with zero attached hydrogens (tertiary/aromatic N) is 1. The molecule has 1 aromatic rings. The summed E-state index contributed by atoms with van der Waals surface area (Å²) in [4.78, 5) is 0.0230. The molecule has 1 aliphatic rings. The number of hydrogen-bond donors (Lipinski definition) is 0. The van der Waals surface area contributed by atoms with Crippen LogP contribution in [0.5, 0.6) is 0 Å². The first-order valence-corrected chi connectivity index (χ1v) is 8.94. The Bertz CT molecular complexity index is 608. The van der Waals surface area contributed by atoms with Gasteiger partial charge in [-0.05, 0) is 30.4 Å². The molecule has 0 amide bonds. The van der Waals surface area contributed by atoms with Crippen LogP contribution in [0.4, 0.5) is 0 Å². The minimum absolute atomic E-state index is 0.0230. The van der Waals surface area contributed by atoms with Gasteiger partial charge in [0.25, 0.3) is 0 Å². The monoisotopic (exact) mass is 355 g/mol. The lowest BCUT2D eigenvalue weighted by atomic mass is 9.94. The summed E-state index contributed by atoms with van der Waals surface area (Å²) in [6.07, 6.45) is 1.03. The van der Waals surface area contributed by atoms with E-state index in [0.29, 0.717) is 24.9 Å². The van der Waals surface area contributed by atoms with Gasteiger partial charge in [0.1, 0.15) is 4.90 Å². The van der Waals surface area contributed by atoms with Gasteiger partial charge in [-0.2, -0.15) is 4.31 Å². The predicted octanol–water partition coefficient (Wildman–Crippen LogP) is 4.31. The van der Waals surface area contributed by atoms with E-state index in [9.17, 15) is 8.42 Å². The molecule has 1 aliphatic heterocycles. The third-order valence-corrected chi connectivity index (χ3v) is 6.45. The van der Waals surface area contributed by atoms with Crippen molar-refractivity contribution in [3.05, 3.63) is 27.2 Å². The number of hydrogen-bond acceptors (Lipinski definition) is 2. The molecule has 3 nitrogen and oxygen atoms in total. The average molecular weight is 357 g/mol. The minimum Gasteiger partial charge on any atom is -0.207 e. The molecule has 0 saturated carbocycles. The normalized spacial score (nSPS) is 24.9. The maximum atomic E-state index is 12.7. The minimum atomic E-state index is -3.64. The van der Waals surface area contributed by atoms with Crippen LogP contribution in [0.1, 0.15) is 20.3 Å². The van der Waals surface area contributed by atoms with Crippen LogP contribution in [-0.4, -0.2) is 25.8 Å². The Labute approximate surface area is 134 Å². The first-order valence-electron chi connectivity index (χ1n) is 6.36. The number of piperidine rings is 1. The number of benzene rings is 1. The highest BCUT2D eigenvalue weighted by molar-refractivity contribution is 7.89. The van der Waals surface area contributed by atoms with Crippen LogP contribution >= 0.6 is 34.8 Å². The molecule has 0 N–H and O–H groups in total. The van der Waals surface area contributed by atoms with Crippen molar-refractivity contribution in [2.75, 3.05) is 13.1 Å². The maximum Gasteiger partial charge on any atom is 0.244 e. The smallest absolute Gasteiger partial charge is 0.207 e. The summed E-state index contributed by atoms with van der Waals surface area (Å²) < 4.78 is 26.9. The summed E-state index contributed by atoms with van der Waals surface area (Å²) in [6.45, 7) is 5.11. The Balaban J connectivity index is 2.42. The fourth-order valence-electron chi connectivity index (χ4n) is 2.64. The zero-order valence-electron chi connectivity index (χ0n) is 11.2. The molecule has 0 bridgehead atoms. The summed E-state index contributed by atoms with van der Waals surface area (Å²) >= 11 is 17.8. The fraction of sp³-hybridized carbons (Fsp3) is 0.538. The topological polar surface area (TPSA) is 37.4 Å². The van der Waals surface area contributed by atoms with Crippen molar-refractivity contribution in [2.24, 2.45) is 11.8 Å². The molecule has 0 radical (unpaired) electrons. The lowest BCUT2D eigenvalue weighted by molar-refractivity contribution is 0.222. The molecule has 2 rings (SSSR count). The first-order chi connectivity index (χ1) is 9.21. The van der Waals surface area contributed by atoms with E-state index >= 15 is 0 Å². The zero-order valence-corrected chi connectivity index (χ0v) is 14.3. The third kappa shape index (κ3) is 3.25. The van der Waals surface area contributed by atoms with Gasteiger partial charge in [-0.3, -0.25) is 0 Å². The van der Waals surface area contributed by atoms with Crippen LogP contribution in [0.25, 0.3) is 0 Å². The maximum absolute atomic E-state index is 12.7. The molecule has 1 fully saturated rings. The van der Waals surface area contributed by atoms with Crippen molar-refractivity contribution in [1.82, 2.24) is 4.31 Å². The van der Waals surface area contributed by atoms with E-state index in [0.717, 1.165) is 6.42 Å². The van der Waals surface area contributed by atoms with E-state index in [1.165, 1.54) is 16.4 Å². The van der Waals surface area contributed by atoms with E-state index in [1.807, 2.05) is 0 Å². The molecular weight excluding hydrogens is 341 g/mol. The largest absolute Gasteiger partial charge is 0.244 e. The molecule has 0 aliphatic carbocycles. The molecule has 2 unspecified atom stereocenters. The van der Waals surface area contributed by atoms with E-state index in [-0.39, 0.29) is 20.0 Å². The van der Waals surface area contributed by atoms with Gasteiger partial charge in [0, 0.05) is 13.1 Å². The van der Waals surface area contributed by atoms with Crippen LogP contribution in [0.15, 0.2) is 17.0 Å². The van der Waals surface area contributed by atoms with Gasteiger partial charge in [0.2, 0.25) is 10.0 Å². The highest BCUT2D eigenvalue weighted by Gasteiger charge is 2.33. The van der Waals surface area contributed by atoms with E-state index in [1.54, 1.807) is 0 Å². The lowest BCUT2D eigenvalue weighted by Gasteiger charge is -2.34. The number of sulfonamides is 1. The van der Waals surface area contributed by atoms with Crippen LogP contribution in [0.2, 0.25) is 15.1 Å². The van der Waals surface area contributed by atoms with Gasteiger partial charge in [0.15, 0.2) is 0 Å². The van der Waals surface area contributed by atoms with Crippen LogP contribution in [0.3, 0.4) is 0 Å². The Kier molecular flexibility index (Phi) is 4.92. The molecule has 7 heteroatoms. The van der Waals surface area contributed by atoms with Gasteiger partial charge in [-0.1, -0.05) is 48.7 Å². The molecule has 2 atom stereocenters. The molecule has 112 valence electrons. The summed E-state index contributed by atoms with van der Waals surface area (Å²) in [5.74, 6) is 0.658. The van der Waals surface area contributed by atoms with Crippen molar-refractivity contribution in [2.45, 2.75) is 25.2 Å². The van der Waals surface area contributed by atoms with Crippen molar-refractivity contribution in [3.8, 4) is 0 Å². The van der Waals surface area contributed by atoms with Crippen LogP contribution in [0, 0.1) is 11.8 Å². The summed E-state index contributed by atoms with van der Waals surface area (Å²) in [5, 5.41) is 0.536. The summed E-state index contributed by atoms with van der Waals surface area (Å²) in [7, 11) is -3.64. The molecule has 0 aromatic heterocycles. The molecule has 0 spiro atoms. The zero-order chi connectivity index (χ0) is 15.1. The second-order valence-electron chi connectivity index (χ2n) is 5.46. The van der Waals surface area contributed by atoms with Gasteiger partial charge in [-0.15, -0.1) is 0 Å².